The van der Waals surface area contributed by atoms with Crippen LogP contribution in [0.4, 0.5) is 0 Å². The maximum absolute atomic E-state index is 12.6. The van der Waals surface area contributed by atoms with Crippen molar-refractivity contribution in [3.63, 3.8) is 0 Å². The Bertz CT molecular complexity index is 710. The maximum atomic E-state index is 12.6. The largest absolute Gasteiger partial charge is 0.497 e. The second kappa shape index (κ2) is 8.56. The van der Waals surface area contributed by atoms with E-state index in [1.54, 1.807) is 7.11 Å². The number of hydrogen-bond donors (Lipinski definition) is 1. The Hall–Kier alpha value is -2.49. The summed E-state index contributed by atoms with van der Waals surface area (Å²) in [5.74, 6) is 1.45. The SMILES string of the molecule is CCC(Oc1ccc(C)cc1C)C(=O)NC(C)c1ccc(OC)cc1. The molecule has 0 fully saturated rings. The molecule has 0 aliphatic carbocycles. The van der Waals surface area contributed by atoms with Gasteiger partial charge in [-0.15, -0.1) is 0 Å². The van der Waals surface area contributed by atoms with Crippen molar-refractivity contribution in [2.24, 2.45) is 0 Å². The Morgan fingerprint density at radius 1 is 1.12 bits per heavy atom. The molecule has 0 aliphatic rings. The molecule has 0 aliphatic heterocycles. The predicted molar refractivity (Wildman–Crippen MR) is 100 cm³/mol. The first-order chi connectivity index (χ1) is 11.9. The number of aryl methyl sites for hydroxylation is 2. The van der Waals surface area contributed by atoms with Gasteiger partial charge in [-0.25, -0.2) is 0 Å². The molecule has 0 bridgehead atoms. The summed E-state index contributed by atoms with van der Waals surface area (Å²) in [7, 11) is 1.64. The summed E-state index contributed by atoms with van der Waals surface area (Å²) in [6.07, 6.45) is 0.0937. The number of carbonyl (C=O) groups excluding carboxylic acids is 1. The number of methoxy groups -OCH3 is 1. The van der Waals surface area contributed by atoms with E-state index in [0.717, 1.165) is 22.6 Å². The molecule has 0 aromatic heterocycles. The van der Waals surface area contributed by atoms with E-state index in [1.165, 1.54) is 5.56 Å². The van der Waals surface area contributed by atoms with Crippen molar-refractivity contribution in [3.8, 4) is 11.5 Å². The number of benzene rings is 2. The van der Waals surface area contributed by atoms with E-state index in [2.05, 4.69) is 11.4 Å². The lowest BCUT2D eigenvalue weighted by Gasteiger charge is -2.22. The Morgan fingerprint density at radius 3 is 2.36 bits per heavy atom. The van der Waals surface area contributed by atoms with Gasteiger partial charge in [0, 0.05) is 0 Å². The van der Waals surface area contributed by atoms with Gasteiger partial charge in [-0.2, -0.15) is 0 Å². The Balaban J connectivity index is 2.03. The molecule has 4 heteroatoms. The molecule has 25 heavy (non-hydrogen) atoms. The topological polar surface area (TPSA) is 47.6 Å². The summed E-state index contributed by atoms with van der Waals surface area (Å²) in [4.78, 5) is 12.6. The van der Waals surface area contributed by atoms with Crippen molar-refractivity contribution < 1.29 is 14.3 Å². The lowest BCUT2D eigenvalue weighted by Crippen LogP contribution is -2.39. The van der Waals surface area contributed by atoms with Crippen LogP contribution in [0.2, 0.25) is 0 Å². The smallest absolute Gasteiger partial charge is 0.261 e. The van der Waals surface area contributed by atoms with E-state index in [4.69, 9.17) is 9.47 Å². The number of nitrogens with one attached hydrogen (secondary N) is 1. The highest BCUT2D eigenvalue weighted by atomic mass is 16.5. The fraction of sp³-hybridized carbons (Fsp3) is 0.381. The van der Waals surface area contributed by atoms with Gasteiger partial charge in [-0.1, -0.05) is 36.8 Å². The standard InChI is InChI=1S/C21H27NO3/c1-6-19(25-20-12-7-14(2)13-15(20)3)21(23)22-16(4)17-8-10-18(24-5)11-9-17/h7-13,16,19H,6H2,1-5H3,(H,22,23). The van der Waals surface area contributed by atoms with Crippen LogP contribution in [0.3, 0.4) is 0 Å². The van der Waals surface area contributed by atoms with E-state index in [-0.39, 0.29) is 11.9 Å². The Kier molecular flexibility index (Phi) is 6.45. The van der Waals surface area contributed by atoms with Gasteiger partial charge in [-0.3, -0.25) is 4.79 Å². The highest BCUT2D eigenvalue weighted by molar-refractivity contribution is 5.81. The summed E-state index contributed by atoms with van der Waals surface area (Å²) in [6, 6.07) is 13.6. The average Bonchev–Trinajstić information content (AvgIpc) is 2.61. The summed E-state index contributed by atoms with van der Waals surface area (Å²) in [5, 5.41) is 3.03. The molecule has 2 unspecified atom stereocenters. The number of carbonyl (C=O) groups is 1. The van der Waals surface area contributed by atoms with Crippen LogP contribution in [0.1, 0.15) is 43.0 Å². The molecule has 4 nitrogen and oxygen atoms in total. The monoisotopic (exact) mass is 341 g/mol. The first-order valence-electron chi connectivity index (χ1n) is 8.62. The number of rotatable bonds is 7. The highest BCUT2D eigenvalue weighted by Crippen LogP contribution is 2.22. The molecular formula is C21H27NO3. The minimum absolute atomic E-state index is 0.102. The normalized spacial score (nSPS) is 13.0. The van der Waals surface area contributed by atoms with Crippen LogP contribution < -0.4 is 14.8 Å². The number of ether oxygens (including phenoxy) is 2. The quantitative estimate of drug-likeness (QED) is 0.814. The predicted octanol–water partition coefficient (Wildman–Crippen LogP) is 4.35. The summed E-state index contributed by atoms with van der Waals surface area (Å²) < 4.78 is 11.1. The molecule has 2 aromatic carbocycles. The lowest BCUT2D eigenvalue weighted by atomic mass is 10.1. The van der Waals surface area contributed by atoms with Crippen molar-refractivity contribution in [2.75, 3.05) is 7.11 Å². The van der Waals surface area contributed by atoms with Crippen molar-refractivity contribution in [3.05, 3.63) is 59.2 Å². The van der Waals surface area contributed by atoms with E-state index in [0.29, 0.717) is 6.42 Å². The van der Waals surface area contributed by atoms with Crippen LogP contribution in [0.25, 0.3) is 0 Å². The van der Waals surface area contributed by atoms with Crippen molar-refractivity contribution in [1.82, 2.24) is 5.32 Å². The third-order valence-corrected chi connectivity index (χ3v) is 4.24. The number of amides is 1. The van der Waals surface area contributed by atoms with Crippen LogP contribution in [0.15, 0.2) is 42.5 Å². The summed E-state index contributed by atoms with van der Waals surface area (Å²) in [6.45, 7) is 7.94. The van der Waals surface area contributed by atoms with Crippen LogP contribution >= 0.6 is 0 Å². The van der Waals surface area contributed by atoms with Crippen LogP contribution in [0.5, 0.6) is 11.5 Å². The van der Waals surface area contributed by atoms with Gasteiger partial charge in [0.25, 0.3) is 5.91 Å². The molecule has 0 saturated heterocycles. The van der Waals surface area contributed by atoms with Crippen molar-refractivity contribution >= 4 is 5.91 Å². The molecule has 1 N–H and O–H groups in total. The lowest BCUT2D eigenvalue weighted by molar-refractivity contribution is -0.128. The van der Waals surface area contributed by atoms with E-state index < -0.39 is 6.10 Å². The van der Waals surface area contributed by atoms with Gasteiger partial charge in [0.05, 0.1) is 13.2 Å². The molecule has 134 valence electrons. The molecule has 0 radical (unpaired) electrons. The van der Waals surface area contributed by atoms with Gasteiger partial charge in [0.1, 0.15) is 11.5 Å². The van der Waals surface area contributed by atoms with E-state index in [9.17, 15) is 4.79 Å². The molecule has 1 amide bonds. The molecule has 0 saturated carbocycles. The van der Waals surface area contributed by atoms with E-state index >= 15 is 0 Å². The fourth-order valence-corrected chi connectivity index (χ4v) is 2.69. The van der Waals surface area contributed by atoms with Gasteiger partial charge in [0.2, 0.25) is 0 Å². The molecule has 2 rings (SSSR count). The van der Waals surface area contributed by atoms with Gasteiger partial charge in [0.15, 0.2) is 6.10 Å². The molecular weight excluding hydrogens is 314 g/mol. The van der Waals surface area contributed by atoms with Crippen LogP contribution in [0, 0.1) is 13.8 Å². The minimum atomic E-state index is -0.512. The zero-order valence-electron chi connectivity index (χ0n) is 15.6. The van der Waals surface area contributed by atoms with Gasteiger partial charge >= 0.3 is 0 Å². The zero-order valence-corrected chi connectivity index (χ0v) is 15.6. The van der Waals surface area contributed by atoms with Crippen molar-refractivity contribution in [2.45, 2.75) is 46.3 Å². The molecule has 0 heterocycles. The van der Waals surface area contributed by atoms with Crippen LogP contribution in [-0.4, -0.2) is 19.1 Å². The molecule has 2 aromatic rings. The second-order valence-electron chi connectivity index (χ2n) is 6.29. The first kappa shape index (κ1) is 18.8. The second-order valence-corrected chi connectivity index (χ2v) is 6.29. The molecule has 2 atom stereocenters. The van der Waals surface area contributed by atoms with Gasteiger partial charge in [-0.05, 0) is 56.5 Å². The highest BCUT2D eigenvalue weighted by Gasteiger charge is 2.21. The van der Waals surface area contributed by atoms with Gasteiger partial charge < -0.3 is 14.8 Å². The minimum Gasteiger partial charge on any atom is -0.497 e. The first-order valence-corrected chi connectivity index (χ1v) is 8.62. The summed E-state index contributed by atoms with van der Waals surface area (Å²) >= 11 is 0. The fourth-order valence-electron chi connectivity index (χ4n) is 2.69. The number of hydrogen-bond acceptors (Lipinski definition) is 3. The zero-order chi connectivity index (χ0) is 18.4. The van der Waals surface area contributed by atoms with Crippen LogP contribution in [-0.2, 0) is 4.79 Å². The Labute approximate surface area is 150 Å². The maximum Gasteiger partial charge on any atom is 0.261 e. The summed E-state index contributed by atoms with van der Waals surface area (Å²) in [5.41, 5.74) is 3.24. The van der Waals surface area contributed by atoms with E-state index in [1.807, 2.05) is 64.1 Å². The average molecular weight is 341 g/mol. The third-order valence-electron chi connectivity index (χ3n) is 4.24. The molecule has 0 spiro atoms. The Morgan fingerprint density at radius 2 is 1.80 bits per heavy atom. The third kappa shape index (κ3) is 4.99. The van der Waals surface area contributed by atoms with Crippen molar-refractivity contribution in [1.29, 1.82) is 0 Å².